The molecule has 1 rings (SSSR count). The first-order chi connectivity index (χ1) is 8.15. The third kappa shape index (κ3) is 4.14. The van der Waals surface area contributed by atoms with E-state index in [0.717, 1.165) is 12.8 Å². The van der Waals surface area contributed by atoms with Crippen molar-refractivity contribution in [2.24, 2.45) is 5.92 Å². The number of hydrogen-bond acceptors (Lipinski definition) is 3. The van der Waals surface area contributed by atoms with Crippen molar-refractivity contribution in [1.29, 1.82) is 0 Å². The van der Waals surface area contributed by atoms with Crippen LogP contribution in [0.25, 0.3) is 0 Å². The van der Waals surface area contributed by atoms with Crippen molar-refractivity contribution in [3.05, 3.63) is 0 Å². The van der Waals surface area contributed by atoms with E-state index >= 15 is 0 Å². The van der Waals surface area contributed by atoms with Crippen LogP contribution in [0.15, 0.2) is 0 Å². The Balaban J connectivity index is 2.62. The van der Waals surface area contributed by atoms with E-state index in [9.17, 15) is 9.59 Å². The molecule has 97 valence electrons. The molecule has 1 atom stereocenters. The summed E-state index contributed by atoms with van der Waals surface area (Å²) in [6, 6.07) is 0. The number of carbonyl (C=O) groups excluding carboxylic acids is 2. The van der Waals surface area contributed by atoms with Crippen LogP contribution < -0.4 is 0 Å². The molecule has 1 aliphatic carbocycles. The molecule has 0 heterocycles. The molecule has 1 aliphatic rings. The second-order valence-electron chi connectivity index (χ2n) is 4.99. The lowest BCUT2D eigenvalue weighted by molar-refractivity contribution is -0.154. The quantitative estimate of drug-likeness (QED) is 0.669. The van der Waals surface area contributed by atoms with Crippen LogP contribution in [0.5, 0.6) is 0 Å². The number of carbonyl (C=O) groups is 1. The molecule has 0 amide bonds. The molecule has 0 saturated heterocycles. The van der Waals surface area contributed by atoms with Crippen molar-refractivity contribution >= 4 is 12.3 Å². The van der Waals surface area contributed by atoms with Crippen LogP contribution >= 0.6 is 0 Å². The molecular formula is C14H23O3. The number of esters is 1. The van der Waals surface area contributed by atoms with E-state index in [-0.39, 0.29) is 5.97 Å². The van der Waals surface area contributed by atoms with E-state index in [1.54, 1.807) is 6.92 Å². The predicted molar refractivity (Wildman–Crippen MR) is 66.3 cm³/mol. The minimum absolute atomic E-state index is 0.300. The molecule has 0 aromatic carbocycles. The Morgan fingerprint density at radius 3 is 2.41 bits per heavy atom. The molecule has 0 N–H and O–H groups in total. The summed E-state index contributed by atoms with van der Waals surface area (Å²) in [6.45, 7) is 3.63. The van der Waals surface area contributed by atoms with Gasteiger partial charge in [-0.25, -0.2) is 0 Å². The lowest BCUT2D eigenvalue weighted by atomic mass is 9.80. The first-order valence-electron chi connectivity index (χ1n) is 6.77. The van der Waals surface area contributed by atoms with Gasteiger partial charge in [0, 0.05) is 6.42 Å². The molecule has 0 aliphatic heterocycles. The zero-order valence-electron chi connectivity index (χ0n) is 11.0. The molecule has 0 aromatic rings. The molecule has 0 spiro atoms. The van der Waals surface area contributed by atoms with Crippen molar-refractivity contribution in [1.82, 2.24) is 0 Å². The number of rotatable bonds is 6. The van der Waals surface area contributed by atoms with Crippen molar-refractivity contribution in [3.8, 4) is 0 Å². The van der Waals surface area contributed by atoms with Gasteiger partial charge in [0.1, 0.15) is 0 Å². The van der Waals surface area contributed by atoms with Crippen molar-refractivity contribution in [3.63, 3.8) is 0 Å². The van der Waals surface area contributed by atoms with Crippen LogP contribution in [0.2, 0.25) is 0 Å². The van der Waals surface area contributed by atoms with E-state index < -0.39 is 5.60 Å². The molecule has 3 heteroatoms. The van der Waals surface area contributed by atoms with Gasteiger partial charge in [0.2, 0.25) is 6.29 Å². The Bertz CT molecular complexity index is 256. The summed E-state index contributed by atoms with van der Waals surface area (Å²) in [5.41, 5.74) is -0.991. The van der Waals surface area contributed by atoms with Gasteiger partial charge in [-0.2, -0.15) is 0 Å². The van der Waals surface area contributed by atoms with Gasteiger partial charge >= 0.3 is 5.97 Å². The highest BCUT2D eigenvalue weighted by Crippen LogP contribution is 2.33. The van der Waals surface area contributed by atoms with Gasteiger partial charge in [-0.3, -0.25) is 9.59 Å². The Morgan fingerprint density at radius 1 is 1.29 bits per heavy atom. The average Bonchev–Trinajstić information content (AvgIpc) is 2.39. The van der Waals surface area contributed by atoms with Gasteiger partial charge in [-0.15, -0.1) is 0 Å². The van der Waals surface area contributed by atoms with Gasteiger partial charge in [-0.1, -0.05) is 46.0 Å². The minimum atomic E-state index is -0.991. The molecular weight excluding hydrogens is 216 g/mol. The highest BCUT2D eigenvalue weighted by Gasteiger charge is 2.36. The Morgan fingerprint density at radius 2 is 1.94 bits per heavy atom. The summed E-state index contributed by atoms with van der Waals surface area (Å²) in [6.07, 6.45) is 9.51. The zero-order chi connectivity index (χ0) is 12.7. The summed E-state index contributed by atoms with van der Waals surface area (Å²) in [5, 5.41) is 0. The van der Waals surface area contributed by atoms with E-state index in [1.165, 1.54) is 19.3 Å². The van der Waals surface area contributed by atoms with Gasteiger partial charge in [-0.05, 0) is 18.8 Å². The Labute approximate surface area is 104 Å². The van der Waals surface area contributed by atoms with Gasteiger partial charge in [0.15, 0.2) is 5.60 Å². The summed E-state index contributed by atoms with van der Waals surface area (Å²) in [4.78, 5) is 22.6. The van der Waals surface area contributed by atoms with E-state index in [2.05, 4.69) is 0 Å². The van der Waals surface area contributed by atoms with Crippen molar-refractivity contribution in [2.45, 2.75) is 70.8 Å². The fourth-order valence-corrected chi connectivity index (χ4v) is 2.54. The van der Waals surface area contributed by atoms with Crippen LogP contribution in [0, 0.1) is 5.92 Å². The molecule has 1 radical (unpaired) electrons. The second kappa shape index (κ2) is 6.77. The topological polar surface area (TPSA) is 43.4 Å². The molecule has 0 bridgehead atoms. The molecule has 1 unspecified atom stereocenters. The van der Waals surface area contributed by atoms with E-state index in [1.807, 2.05) is 13.2 Å². The monoisotopic (exact) mass is 239 g/mol. The SMILES string of the molecule is CCC(=O)OC([C]=O)(CC)CC1CCCCC1. The lowest BCUT2D eigenvalue weighted by Crippen LogP contribution is -2.38. The molecule has 1 saturated carbocycles. The minimum Gasteiger partial charge on any atom is -0.451 e. The number of ether oxygens (including phenoxy) is 1. The molecule has 3 nitrogen and oxygen atoms in total. The summed E-state index contributed by atoms with van der Waals surface area (Å²) in [5.74, 6) is 0.209. The predicted octanol–water partition coefficient (Wildman–Crippen LogP) is 3.17. The average molecular weight is 239 g/mol. The third-order valence-electron chi connectivity index (χ3n) is 3.70. The standard InChI is InChI=1S/C14H23O3/c1-3-13(16)17-14(4-2,11-15)10-12-8-6-5-7-9-12/h12H,3-10H2,1-2H3. The summed E-state index contributed by atoms with van der Waals surface area (Å²) in [7, 11) is 0. The highest BCUT2D eigenvalue weighted by molar-refractivity contribution is 5.74. The smallest absolute Gasteiger partial charge is 0.306 e. The lowest BCUT2D eigenvalue weighted by Gasteiger charge is -2.31. The van der Waals surface area contributed by atoms with Crippen LogP contribution in [0.1, 0.15) is 65.2 Å². The first-order valence-corrected chi connectivity index (χ1v) is 6.77. The van der Waals surface area contributed by atoms with Crippen molar-refractivity contribution < 1.29 is 14.3 Å². The van der Waals surface area contributed by atoms with Crippen LogP contribution in [0.3, 0.4) is 0 Å². The van der Waals surface area contributed by atoms with Gasteiger partial charge < -0.3 is 4.74 Å². The van der Waals surface area contributed by atoms with E-state index in [0.29, 0.717) is 25.2 Å². The zero-order valence-corrected chi connectivity index (χ0v) is 11.0. The van der Waals surface area contributed by atoms with E-state index in [4.69, 9.17) is 4.74 Å². The molecule has 17 heavy (non-hydrogen) atoms. The molecule has 1 fully saturated rings. The maximum absolute atomic E-state index is 11.4. The summed E-state index contributed by atoms with van der Waals surface area (Å²) < 4.78 is 5.33. The van der Waals surface area contributed by atoms with Gasteiger partial charge in [0.25, 0.3) is 0 Å². The largest absolute Gasteiger partial charge is 0.451 e. The maximum Gasteiger partial charge on any atom is 0.306 e. The molecule has 0 aromatic heterocycles. The van der Waals surface area contributed by atoms with Crippen LogP contribution in [0.4, 0.5) is 0 Å². The second-order valence-corrected chi connectivity index (χ2v) is 4.99. The highest BCUT2D eigenvalue weighted by atomic mass is 16.6. The summed E-state index contributed by atoms with van der Waals surface area (Å²) >= 11 is 0. The first kappa shape index (κ1) is 14.2. The Kier molecular flexibility index (Phi) is 5.66. The van der Waals surface area contributed by atoms with Crippen LogP contribution in [-0.2, 0) is 14.3 Å². The van der Waals surface area contributed by atoms with Gasteiger partial charge in [0.05, 0.1) is 0 Å². The normalized spacial score (nSPS) is 20.6. The fraction of sp³-hybridized carbons (Fsp3) is 0.857. The van der Waals surface area contributed by atoms with Crippen LogP contribution in [-0.4, -0.2) is 17.9 Å². The third-order valence-corrected chi connectivity index (χ3v) is 3.70. The fourth-order valence-electron chi connectivity index (χ4n) is 2.54. The number of hydrogen-bond donors (Lipinski definition) is 0. The maximum atomic E-state index is 11.4. The van der Waals surface area contributed by atoms with Crippen molar-refractivity contribution in [2.75, 3.05) is 0 Å². The Hall–Kier alpha value is -0.860.